The number of halogens is 1. The highest BCUT2D eigenvalue weighted by atomic mass is 19.1. The van der Waals surface area contributed by atoms with E-state index in [0.717, 1.165) is 0 Å². The largest absolute Gasteiger partial charge is 0.310 e. The van der Waals surface area contributed by atoms with Crippen LogP contribution in [0.15, 0.2) is 24.3 Å². The van der Waals surface area contributed by atoms with Crippen LogP contribution in [0.1, 0.15) is 24.0 Å². The lowest BCUT2D eigenvalue weighted by atomic mass is 9.70. The highest BCUT2D eigenvalue weighted by Crippen LogP contribution is 2.42. The lowest BCUT2D eigenvalue weighted by molar-refractivity contribution is 0.0717. The van der Waals surface area contributed by atoms with Crippen molar-refractivity contribution in [2.24, 2.45) is 0 Å². The first-order chi connectivity index (χ1) is 6.66. The van der Waals surface area contributed by atoms with E-state index < -0.39 is 6.17 Å². The van der Waals surface area contributed by atoms with Crippen molar-refractivity contribution < 1.29 is 4.39 Å². The third-order valence-electron chi connectivity index (χ3n) is 3.19. The first-order valence-electron chi connectivity index (χ1n) is 5.06. The Morgan fingerprint density at radius 1 is 1.43 bits per heavy atom. The van der Waals surface area contributed by atoms with Crippen LogP contribution in [-0.4, -0.2) is 13.2 Å². The molecular weight excluding hydrogens is 177 g/mol. The zero-order valence-electron chi connectivity index (χ0n) is 8.68. The molecule has 1 aromatic carbocycles. The second-order valence-corrected chi connectivity index (χ2v) is 4.21. The zero-order valence-corrected chi connectivity index (χ0v) is 8.68. The Balaban J connectivity index is 2.29. The van der Waals surface area contributed by atoms with Crippen LogP contribution < -0.4 is 5.32 Å². The Bertz CT molecular complexity index is 329. The predicted molar refractivity (Wildman–Crippen MR) is 56.0 cm³/mol. The van der Waals surface area contributed by atoms with Crippen LogP contribution in [0.2, 0.25) is 0 Å². The second-order valence-electron chi connectivity index (χ2n) is 4.21. The third-order valence-corrected chi connectivity index (χ3v) is 3.19. The lowest BCUT2D eigenvalue weighted by Crippen LogP contribution is -2.52. The van der Waals surface area contributed by atoms with E-state index in [9.17, 15) is 4.39 Å². The van der Waals surface area contributed by atoms with Gasteiger partial charge in [-0.05, 0) is 19.5 Å². The number of rotatable bonds is 2. The van der Waals surface area contributed by atoms with Crippen LogP contribution in [0.25, 0.3) is 0 Å². The second kappa shape index (κ2) is 3.35. The van der Waals surface area contributed by atoms with Gasteiger partial charge in [0.1, 0.15) is 6.17 Å². The number of aryl methyl sites for hydroxylation is 1. The van der Waals surface area contributed by atoms with Gasteiger partial charge in [-0.25, -0.2) is 4.39 Å². The molecule has 0 amide bonds. The first-order valence-corrected chi connectivity index (χ1v) is 5.06. The molecule has 2 heteroatoms. The summed E-state index contributed by atoms with van der Waals surface area (Å²) < 4.78 is 12.9. The molecule has 0 atom stereocenters. The van der Waals surface area contributed by atoms with Gasteiger partial charge in [0.25, 0.3) is 0 Å². The molecule has 1 fully saturated rings. The van der Waals surface area contributed by atoms with E-state index in [1.54, 1.807) is 0 Å². The van der Waals surface area contributed by atoms with Crippen LogP contribution >= 0.6 is 0 Å². The van der Waals surface area contributed by atoms with E-state index in [1.165, 1.54) is 11.1 Å². The molecule has 0 saturated heterocycles. The van der Waals surface area contributed by atoms with Crippen molar-refractivity contribution in [3.05, 3.63) is 35.4 Å². The maximum Gasteiger partial charge on any atom is 0.104 e. The molecule has 1 aromatic rings. The molecule has 0 unspecified atom stereocenters. The maximum absolute atomic E-state index is 12.9. The molecule has 0 bridgehead atoms. The number of benzene rings is 1. The summed E-state index contributed by atoms with van der Waals surface area (Å²) in [6, 6.07) is 8.32. The quantitative estimate of drug-likeness (QED) is 0.761. The molecule has 76 valence electrons. The SMILES string of the molecule is CNC1(c2cccc(C)c2)CC(F)C1. The van der Waals surface area contributed by atoms with Gasteiger partial charge >= 0.3 is 0 Å². The Hall–Kier alpha value is -0.890. The lowest BCUT2D eigenvalue weighted by Gasteiger charge is -2.44. The molecule has 1 saturated carbocycles. The van der Waals surface area contributed by atoms with Crippen LogP contribution in [0.3, 0.4) is 0 Å². The summed E-state index contributed by atoms with van der Waals surface area (Å²) in [6.07, 6.45) is 0.572. The summed E-state index contributed by atoms with van der Waals surface area (Å²) in [5, 5.41) is 3.25. The number of nitrogens with one attached hydrogen (secondary N) is 1. The summed E-state index contributed by atoms with van der Waals surface area (Å²) in [7, 11) is 1.91. The summed E-state index contributed by atoms with van der Waals surface area (Å²) in [6.45, 7) is 2.07. The molecule has 0 aliphatic heterocycles. The molecular formula is C12H16FN. The fraction of sp³-hybridized carbons (Fsp3) is 0.500. The molecule has 0 aromatic heterocycles. The highest BCUT2D eigenvalue weighted by molar-refractivity contribution is 5.31. The van der Waals surface area contributed by atoms with Crippen molar-refractivity contribution in [2.75, 3.05) is 7.05 Å². The maximum atomic E-state index is 12.9. The summed E-state index contributed by atoms with van der Waals surface area (Å²) in [5.41, 5.74) is 2.35. The Morgan fingerprint density at radius 2 is 2.14 bits per heavy atom. The van der Waals surface area contributed by atoms with E-state index in [1.807, 2.05) is 13.1 Å². The van der Waals surface area contributed by atoms with Crippen LogP contribution in [0.4, 0.5) is 4.39 Å². The van der Waals surface area contributed by atoms with Gasteiger partial charge in [-0.15, -0.1) is 0 Å². The number of alkyl halides is 1. The zero-order chi connectivity index (χ0) is 10.2. The minimum atomic E-state index is -0.636. The minimum Gasteiger partial charge on any atom is -0.310 e. The molecule has 1 nitrogen and oxygen atoms in total. The van der Waals surface area contributed by atoms with Crippen molar-refractivity contribution in [1.29, 1.82) is 0 Å². The van der Waals surface area contributed by atoms with E-state index in [2.05, 4.69) is 30.4 Å². The summed E-state index contributed by atoms with van der Waals surface area (Å²) >= 11 is 0. The first kappa shape index (κ1) is 9.66. The van der Waals surface area contributed by atoms with Crippen molar-refractivity contribution in [3.8, 4) is 0 Å². The smallest absolute Gasteiger partial charge is 0.104 e. The average Bonchev–Trinajstić information content (AvgIpc) is 2.12. The fourth-order valence-electron chi connectivity index (χ4n) is 2.22. The Morgan fingerprint density at radius 3 is 2.64 bits per heavy atom. The molecule has 1 aliphatic carbocycles. The Kier molecular flexibility index (Phi) is 2.31. The van der Waals surface area contributed by atoms with Crippen molar-refractivity contribution in [2.45, 2.75) is 31.5 Å². The normalized spacial score (nSPS) is 31.2. The molecule has 2 rings (SSSR count). The molecule has 0 spiro atoms. The topological polar surface area (TPSA) is 12.0 Å². The Labute approximate surface area is 84.3 Å². The van der Waals surface area contributed by atoms with Crippen molar-refractivity contribution in [3.63, 3.8) is 0 Å². The molecule has 0 heterocycles. The fourth-order valence-corrected chi connectivity index (χ4v) is 2.22. The van der Waals surface area contributed by atoms with Crippen LogP contribution in [0, 0.1) is 6.92 Å². The van der Waals surface area contributed by atoms with E-state index in [0.29, 0.717) is 12.8 Å². The summed E-state index contributed by atoms with van der Waals surface area (Å²) in [4.78, 5) is 0. The average molecular weight is 193 g/mol. The molecule has 0 radical (unpaired) electrons. The van der Waals surface area contributed by atoms with Crippen molar-refractivity contribution >= 4 is 0 Å². The standard InChI is InChI=1S/C12H16FN/c1-9-4-3-5-10(6-9)12(14-2)7-11(13)8-12/h3-6,11,14H,7-8H2,1-2H3. The van der Waals surface area contributed by atoms with Gasteiger partial charge in [0.05, 0.1) is 0 Å². The van der Waals surface area contributed by atoms with Crippen molar-refractivity contribution in [1.82, 2.24) is 5.32 Å². The highest BCUT2D eigenvalue weighted by Gasteiger charge is 2.44. The monoisotopic (exact) mass is 193 g/mol. The molecule has 1 aliphatic rings. The van der Waals surface area contributed by atoms with Crippen LogP contribution in [-0.2, 0) is 5.54 Å². The predicted octanol–water partition coefficient (Wildman–Crippen LogP) is 2.54. The number of hydrogen-bond donors (Lipinski definition) is 1. The van der Waals surface area contributed by atoms with Gasteiger partial charge < -0.3 is 5.32 Å². The molecule has 14 heavy (non-hydrogen) atoms. The minimum absolute atomic E-state index is 0.106. The summed E-state index contributed by atoms with van der Waals surface area (Å²) in [5.74, 6) is 0. The van der Waals surface area contributed by atoms with Gasteiger partial charge in [-0.3, -0.25) is 0 Å². The van der Waals surface area contributed by atoms with E-state index in [-0.39, 0.29) is 5.54 Å². The van der Waals surface area contributed by atoms with Gasteiger partial charge in [-0.1, -0.05) is 29.8 Å². The third kappa shape index (κ3) is 1.44. The van der Waals surface area contributed by atoms with Gasteiger partial charge in [0.15, 0.2) is 0 Å². The van der Waals surface area contributed by atoms with Gasteiger partial charge in [0.2, 0.25) is 0 Å². The van der Waals surface area contributed by atoms with Gasteiger partial charge in [-0.2, -0.15) is 0 Å². The molecule has 1 N–H and O–H groups in total. The number of hydrogen-bond acceptors (Lipinski definition) is 1. The van der Waals surface area contributed by atoms with E-state index >= 15 is 0 Å². The van der Waals surface area contributed by atoms with E-state index in [4.69, 9.17) is 0 Å². The van der Waals surface area contributed by atoms with Gasteiger partial charge in [0, 0.05) is 18.4 Å². The van der Waals surface area contributed by atoms with Crippen LogP contribution in [0.5, 0.6) is 0 Å².